The van der Waals surface area contributed by atoms with Crippen LogP contribution in [0.15, 0.2) is 0 Å². The third-order valence-electron chi connectivity index (χ3n) is 2.50. The van der Waals surface area contributed by atoms with Gasteiger partial charge in [0.05, 0.1) is 6.10 Å². The van der Waals surface area contributed by atoms with Crippen LogP contribution in [-0.2, 0) is 4.74 Å². The first-order valence-electron chi connectivity index (χ1n) is 5.63. The Morgan fingerprint density at radius 1 is 1.44 bits per heavy atom. The van der Waals surface area contributed by atoms with E-state index in [0.717, 1.165) is 12.8 Å². The zero-order valence-electron chi connectivity index (χ0n) is 10.1. The highest BCUT2D eigenvalue weighted by atomic mass is 32.1. The van der Waals surface area contributed by atoms with Crippen molar-refractivity contribution in [3.05, 3.63) is 0 Å². The number of carbonyl (C=O) groups excluding carboxylic acids is 1. The molecular formula is C11H21NO3S. The summed E-state index contributed by atoms with van der Waals surface area (Å²) < 4.78 is 5.15. The molecule has 0 bridgehead atoms. The molecule has 0 aromatic carbocycles. The Morgan fingerprint density at radius 2 is 2.06 bits per heavy atom. The highest BCUT2D eigenvalue weighted by Crippen LogP contribution is 2.23. The van der Waals surface area contributed by atoms with Gasteiger partial charge in [0.25, 0.3) is 0 Å². The molecule has 5 heteroatoms. The highest BCUT2D eigenvalue weighted by Gasteiger charge is 2.28. The molecule has 0 aromatic heterocycles. The molecule has 1 fully saturated rings. The average Bonchev–Trinajstić information content (AvgIpc) is 2.08. The van der Waals surface area contributed by atoms with Crippen LogP contribution in [-0.4, -0.2) is 34.2 Å². The molecule has 0 unspecified atom stereocenters. The molecule has 94 valence electrons. The topological polar surface area (TPSA) is 58.6 Å². The smallest absolute Gasteiger partial charge is 0.407 e. The molecule has 0 spiro atoms. The standard InChI is InChI=1S/C11H21NO3S/c1-11(2,3)15-10(14)12-7-4-5-9(16)8(13)6-7/h7-9,13,16H,4-6H2,1-3H3,(H,12,14)/t7-,8-,9-/m1/s1. The Balaban J connectivity index is 2.35. The van der Waals surface area contributed by atoms with Crippen molar-refractivity contribution in [2.45, 2.75) is 63.0 Å². The van der Waals surface area contributed by atoms with Gasteiger partial charge in [-0.1, -0.05) is 0 Å². The van der Waals surface area contributed by atoms with Crippen LogP contribution in [0, 0.1) is 0 Å². The van der Waals surface area contributed by atoms with E-state index in [-0.39, 0.29) is 11.3 Å². The number of aliphatic hydroxyl groups excluding tert-OH is 1. The van der Waals surface area contributed by atoms with Crippen LogP contribution >= 0.6 is 12.6 Å². The zero-order chi connectivity index (χ0) is 12.3. The largest absolute Gasteiger partial charge is 0.444 e. The summed E-state index contributed by atoms with van der Waals surface area (Å²) in [5.41, 5.74) is -0.483. The number of amides is 1. The number of ether oxygens (including phenoxy) is 1. The van der Waals surface area contributed by atoms with Crippen molar-refractivity contribution in [1.29, 1.82) is 0 Å². The third-order valence-corrected chi connectivity index (χ3v) is 3.10. The number of rotatable bonds is 1. The van der Waals surface area contributed by atoms with Crippen molar-refractivity contribution in [1.82, 2.24) is 5.32 Å². The number of aliphatic hydroxyl groups is 1. The van der Waals surface area contributed by atoms with Gasteiger partial charge in [0.2, 0.25) is 0 Å². The first-order valence-corrected chi connectivity index (χ1v) is 6.15. The average molecular weight is 247 g/mol. The number of nitrogens with one attached hydrogen (secondary N) is 1. The van der Waals surface area contributed by atoms with Crippen molar-refractivity contribution in [3.63, 3.8) is 0 Å². The fourth-order valence-electron chi connectivity index (χ4n) is 1.74. The molecule has 1 amide bonds. The summed E-state index contributed by atoms with van der Waals surface area (Å²) in [6, 6.07) is -0.00625. The maximum absolute atomic E-state index is 11.5. The number of carbonyl (C=O) groups is 1. The van der Waals surface area contributed by atoms with Crippen molar-refractivity contribution < 1.29 is 14.6 Å². The predicted molar refractivity (Wildman–Crippen MR) is 65.8 cm³/mol. The lowest BCUT2D eigenvalue weighted by atomic mass is 9.92. The fraction of sp³-hybridized carbons (Fsp3) is 0.909. The number of alkyl carbamates (subject to hydrolysis) is 1. The van der Waals surface area contributed by atoms with Gasteiger partial charge in [-0.25, -0.2) is 4.79 Å². The molecule has 1 saturated carbocycles. The maximum Gasteiger partial charge on any atom is 0.407 e. The van der Waals surface area contributed by atoms with Gasteiger partial charge >= 0.3 is 6.09 Å². The van der Waals surface area contributed by atoms with E-state index >= 15 is 0 Å². The first kappa shape index (κ1) is 13.6. The normalized spacial score (nSPS) is 30.9. The van der Waals surface area contributed by atoms with Gasteiger partial charge in [0.15, 0.2) is 0 Å². The summed E-state index contributed by atoms with van der Waals surface area (Å²) in [7, 11) is 0. The summed E-state index contributed by atoms with van der Waals surface area (Å²) in [5, 5.41) is 12.4. The molecule has 0 saturated heterocycles. The molecule has 1 aliphatic rings. The Labute approximate surface area is 102 Å². The minimum absolute atomic E-state index is 0.00625. The molecule has 0 aromatic rings. The Morgan fingerprint density at radius 3 is 2.56 bits per heavy atom. The van der Waals surface area contributed by atoms with E-state index in [1.54, 1.807) is 0 Å². The molecule has 16 heavy (non-hydrogen) atoms. The van der Waals surface area contributed by atoms with Gasteiger partial charge in [-0.15, -0.1) is 0 Å². The minimum Gasteiger partial charge on any atom is -0.444 e. The van der Waals surface area contributed by atoms with E-state index < -0.39 is 17.8 Å². The second kappa shape index (κ2) is 5.27. The summed E-state index contributed by atoms with van der Waals surface area (Å²) in [6.07, 6.45) is 1.34. The number of hydrogen-bond acceptors (Lipinski definition) is 4. The molecule has 3 atom stereocenters. The van der Waals surface area contributed by atoms with Crippen molar-refractivity contribution >= 4 is 18.7 Å². The van der Waals surface area contributed by atoms with E-state index in [0.29, 0.717) is 6.42 Å². The lowest BCUT2D eigenvalue weighted by molar-refractivity contribution is 0.0456. The summed E-state index contributed by atoms with van der Waals surface area (Å²) >= 11 is 4.26. The molecule has 2 N–H and O–H groups in total. The quantitative estimate of drug-likeness (QED) is 0.618. The highest BCUT2D eigenvalue weighted by molar-refractivity contribution is 7.81. The molecular weight excluding hydrogens is 226 g/mol. The van der Waals surface area contributed by atoms with E-state index in [4.69, 9.17) is 4.74 Å². The van der Waals surface area contributed by atoms with Gasteiger partial charge in [0.1, 0.15) is 5.60 Å². The zero-order valence-corrected chi connectivity index (χ0v) is 11.0. The van der Waals surface area contributed by atoms with Crippen LogP contribution in [0.3, 0.4) is 0 Å². The molecule has 0 heterocycles. The van der Waals surface area contributed by atoms with Gasteiger partial charge in [0, 0.05) is 11.3 Å². The van der Waals surface area contributed by atoms with Crippen LogP contribution in [0.5, 0.6) is 0 Å². The second-order valence-electron chi connectivity index (χ2n) is 5.29. The van der Waals surface area contributed by atoms with Crippen LogP contribution in [0.2, 0.25) is 0 Å². The Bertz CT molecular complexity index is 252. The van der Waals surface area contributed by atoms with Gasteiger partial charge < -0.3 is 15.2 Å². The lowest BCUT2D eigenvalue weighted by Crippen LogP contribution is -2.45. The van der Waals surface area contributed by atoms with E-state index in [2.05, 4.69) is 17.9 Å². The molecule has 0 aliphatic heterocycles. The van der Waals surface area contributed by atoms with Gasteiger partial charge in [-0.05, 0) is 40.0 Å². The van der Waals surface area contributed by atoms with Crippen LogP contribution in [0.25, 0.3) is 0 Å². The monoisotopic (exact) mass is 247 g/mol. The van der Waals surface area contributed by atoms with Gasteiger partial charge in [-0.2, -0.15) is 12.6 Å². The van der Waals surface area contributed by atoms with Crippen molar-refractivity contribution in [2.75, 3.05) is 0 Å². The van der Waals surface area contributed by atoms with Gasteiger partial charge in [-0.3, -0.25) is 0 Å². The summed E-state index contributed by atoms with van der Waals surface area (Å²) in [4.78, 5) is 11.5. The summed E-state index contributed by atoms with van der Waals surface area (Å²) in [5.74, 6) is 0. The van der Waals surface area contributed by atoms with Crippen LogP contribution in [0.1, 0.15) is 40.0 Å². The van der Waals surface area contributed by atoms with Crippen LogP contribution < -0.4 is 5.32 Å². The SMILES string of the molecule is CC(C)(C)OC(=O)N[C@@H]1CC[C@@H](S)[C@H](O)C1. The maximum atomic E-state index is 11.5. The van der Waals surface area contributed by atoms with E-state index in [1.165, 1.54) is 0 Å². The van der Waals surface area contributed by atoms with Crippen molar-refractivity contribution in [3.8, 4) is 0 Å². The second-order valence-corrected chi connectivity index (χ2v) is 5.95. The van der Waals surface area contributed by atoms with Crippen molar-refractivity contribution in [2.24, 2.45) is 0 Å². The molecule has 0 radical (unpaired) electrons. The first-order chi connectivity index (χ1) is 7.28. The Hall–Kier alpha value is -0.420. The van der Waals surface area contributed by atoms with E-state index in [9.17, 15) is 9.90 Å². The van der Waals surface area contributed by atoms with E-state index in [1.807, 2.05) is 20.8 Å². The fourth-order valence-corrected chi connectivity index (χ4v) is 2.01. The van der Waals surface area contributed by atoms with Crippen LogP contribution in [0.4, 0.5) is 4.79 Å². The minimum atomic E-state index is -0.483. The lowest BCUT2D eigenvalue weighted by Gasteiger charge is -2.31. The summed E-state index contributed by atoms with van der Waals surface area (Å²) in [6.45, 7) is 5.48. The predicted octanol–water partition coefficient (Wildman–Crippen LogP) is 1.72. The molecule has 4 nitrogen and oxygen atoms in total. The number of thiol groups is 1. The molecule has 1 rings (SSSR count). The number of hydrogen-bond donors (Lipinski definition) is 3. The Kier molecular flexibility index (Phi) is 4.50. The molecule has 1 aliphatic carbocycles. The third kappa shape index (κ3) is 4.61.